The second kappa shape index (κ2) is 7.27. The van der Waals surface area contributed by atoms with Gasteiger partial charge in [-0.05, 0) is 38.2 Å². The Kier molecular flexibility index (Phi) is 5.33. The smallest absolute Gasteiger partial charge is 0.209 e. The van der Waals surface area contributed by atoms with Crippen molar-refractivity contribution < 1.29 is 4.74 Å². The molecule has 0 spiro atoms. The van der Waals surface area contributed by atoms with Gasteiger partial charge in [0.05, 0.1) is 29.6 Å². The fraction of sp³-hybridized carbons (Fsp3) is 0.467. The molecule has 1 saturated heterocycles. The lowest BCUT2D eigenvalue weighted by molar-refractivity contribution is -0.0776. The first-order valence-corrected chi connectivity index (χ1v) is 9.09. The van der Waals surface area contributed by atoms with Gasteiger partial charge in [0.15, 0.2) is 3.95 Å². The van der Waals surface area contributed by atoms with Crippen molar-refractivity contribution in [2.24, 2.45) is 0 Å². The van der Waals surface area contributed by atoms with Gasteiger partial charge in [-0.25, -0.2) is 4.68 Å². The van der Waals surface area contributed by atoms with Crippen LogP contribution < -0.4 is 5.32 Å². The number of nitrogens with zero attached hydrogens (tertiary/aromatic N) is 3. The molecule has 124 valence electrons. The van der Waals surface area contributed by atoms with Crippen LogP contribution in [0.15, 0.2) is 24.3 Å². The number of morpholine rings is 1. The van der Waals surface area contributed by atoms with E-state index >= 15 is 0 Å². The Labute approximate surface area is 149 Å². The Morgan fingerprint density at radius 3 is 2.74 bits per heavy atom. The van der Waals surface area contributed by atoms with Crippen LogP contribution >= 0.6 is 35.2 Å². The standard InChI is InChI=1S/C15H19ClN4OS2/c1-10-7-19(8-11(2)21-10)9-20-15(22)23-14(18-20)17-13-6-4-3-5-12(13)16/h3-6,10-11H,7-9H2,1-2H3,(H,17,18)/t10-,11-/m1/s1. The monoisotopic (exact) mass is 370 g/mol. The number of halogens is 1. The minimum absolute atomic E-state index is 0.229. The van der Waals surface area contributed by atoms with Crippen molar-refractivity contribution in [2.45, 2.75) is 32.7 Å². The summed E-state index contributed by atoms with van der Waals surface area (Å²) in [5.74, 6) is 0. The van der Waals surface area contributed by atoms with Gasteiger partial charge in [0.1, 0.15) is 0 Å². The largest absolute Gasteiger partial charge is 0.373 e. The molecule has 0 aliphatic carbocycles. The Hall–Kier alpha value is -0.990. The van der Waals surface area contributed by atoms with Crippen LogP contribution in [0.25, 0.3) is 0 Å². The fourth-order valence-corrected chi connectivity index (χ4v) is 3.90. The molecule has 2 atom stereocenters. The predicted molar refractivity (Wildman–Crippen MR) is 97.3 cm³/mol. The molecular formula is C15H19ClN4OS2. The fourth-order valence-electron chi connectivity index (χ4n) is 2.71. The van der Waals surface area contributed by atoms with E-state index in [1.165, 1.54) is 11.3 Å². The van der Waals surface area contributed by atoms with Gasteiger partial charge in [0, 0.05) is 13.1 Å². The van der Waals surface area contributed by atoms with Crippen molar-refractivity contribution in [1.82, 2.24) is 14.7 Å². The van der Waals surface area contributed by atoms with E-state index in [1.54, 1.807) is 0 Å². The second-order valence-corrected chi connectivity index (χ2v) is 7.74. The van der Waals surface area contributed by atoms with Crippen molar-refractivity contribution in [3.63, 3.8) is 0 Å². The van der Waals surface area contributed by atoms with E-state index in [2.05, 4.69) is 29.2 Å². The zero-order valence-electron chi connectivity index (χ0n) is 13.0. The highest BCUT2D eigenvalue weighted by molar-refractivity contribution is 7.73. The van der Waals surface area contributed by atoms with Crippen LogP contribution in [0.4, 0.5) is 10.8 Å². The Balaban J connectivity index is 1.71. The number of aromatic nitrogens is 2. The van der Waals surface area contributed by atoms with Crippen molar-refractivity contribution in [3.8, 4) is 0 Å². The first-order chi connectivity index (χ1) is 11.0. The molecule has 1 N–H and O–H groups in total. The van der Waals surface area contributed by atoms with Gasteiger partial charge in [-0.1, -0.05) is 35.1 Å². The highest BCUT2D eigenvalue weighted by Crippen LogP contribution is 2.26. The maximum Gasteiger partial charge on any atom is 0.209 e. The van der Waals surface area contributed by atoms with Gasteiger partial charge in [0.2, 0.25) is 5.13 Å². The summed E-state index contributed by atoms with van der Waals surface area (Å²) in [6.45, 7) is 6.63. The summed E-state index contributed by atoms with van der Waals surface area (Å²) in [6, 6.07) is 7.59. The van der Waals surface area contributed by atoms with Gasteiger partial charge >= 0.3 is 0 Å². The molecule has 1 aliphatic heterocycles. The number of nitrogens with one attached hydrogen (secondary N) is 1. The molecule has 1 aliphatic rings. The molecule has 3 rings (SSSR count). The normalized spacial score (nSPS) is 22.2. The first kappa shape index (κ1) is 16.9. The zero-order valence-corrected chi connectivity index (χ0v) is 15.4. The summed E-state index contributed by atoms with van der Waals surface area (Å²) < 4.78 is 8.35. The number of rotatable bonds is 4. The minimum atomic E-state index is 0.229. The molecule has 1 aromatic carbocycles. The van der Waals surface area contributed by atoms with Crippen LogP contribution in [-0.2, 0) is 11.4 Å². The van der Waals surface area contributed by atoms with E-state index < -0.39 is 0 Å². The molecule has 0 radical (unpaired) electrons. The number of benzene rings is 1. The van der Waals surface area contributed by atoms with Crippen molar-refractivity contribution in [2.75, 3.05) is 18.4 Å². The number of anilines is 2. The van der Waals surface area contributed by atoms with Crippen molar-refractivity contribution in [1.29, 1.82) is 0 Å². The lowest BCUT2D eigenvalue weighted by Crippen LogP contribution is -2.46. The topological polar surface area (TPSA) is 42.3 Å². The minimum Gasteiger partial charge on any atom is -0.373 e. The first-order valence-electron chi connectivity index (χ1n) is 7.48. The number of ether oxygens (including phenoxy) is 1. The van der Waals surface area contributed by atoms with Crippen molar-refractivity contribution >= 4 is 46.0 Å². The van der Waals surface area contributed by atoms with Gasteiger partial charge in [-0.3, -0.25) is 4.90 Å². The summed E-state index contributed by atoms with van der Waals surface area (Å²) in [7, 11) is 0. The SMILES string of the molecule is C[C@@H]1CN(Cn2nc(Nc3ccccc3Cl)sc2=S)C[C@@H](C)O1. The van der Waals surface area contributed by atoms with Gasteiger partial charge < -0.3 is 10.1 Å². The van der Waals surface area contributed by atoms with Gasteiger partial charge in [-0.2, -0.15) is 0 Å². The van der Waals surface area contributed by atoms with Gasteiger partial charge in [-0.15, -0.1) is 5.10 Å². The zero-order chi connectivity index (χ0) is 16.4. The Morgan fingerprint density at radius 1 is 1.35 bits per heavy atom. The van der Waals surface area contributed by atoms with Crippen LogP contribution in [0, 0.1) is 3.95 Å². The highest BCUT2D eigenvalue weighted by atomic mass is 35.5. The van der Waals surface area contributed by atoms with E-state index in [0.29, 0.717) is 11.7 Å². The van der Waals surface area contributed by atoms with Crippen LogP contribution in [0.5, 0.6) is 0 Å². The summed E-state index contributed by atoms with van der Waals surface area (Å²) >= 11 is 13.1. The lowest BCUT2D eigenvalue weighted by atomic mass is 10.2. The summed E-state index contributed by atoms with van der Waals surface area (Å²) in [6.07, 6.45) is 0.458. The van der Waals surface area contributed by atoms with E-state index in [0.717, 1.165) is 27.9 Å². The van der Waals surface area contributed by atoms with E-state index in [4.69, 9.17) is 28.6 Å². The third kappa shape index (κ3) is 4.30. The molecule has 5 nitrogen and oxygen atoms in total. The lowest BCUT2D eigenvalue weighted by Gasteiger charge is -2.34. The van der Waals surface area contributed by atoms with Crippen molar-refractivity contribution in [3.05, 3.63) is 33.2 Å². The predicted octanol–water partition coefficient (Wildman–Crippen LogP) is 4.14. The number of hydrogen-bond donors (Lipinski definition) is 1. The summed E-state index contributed by atoms with van der Waals surface area (Å²) in [5, 5.41) is 9.21. The molecule has 0 saturated carbocycles. The van der Waals surface area contributed by atoms with E-state index in [1.807, 2.05) is 28.9 Å². The third-order valence-electron chi connectivity index (χ3n) is 3.55. The number of hydrogen-bond acceptors (Lipinski definition) is 6. The molecular weight excluding hydrogens is 352 g/mol. The van der Waals surface area contributed by atoms with E-state index in [9.17, 15) is 0 Å². The average Bonchev–Trinajstić information content (AvgIpc) is 2.80. The van der Waals surface area contributed by atoms with E-state index in [-0.39, 0.29) is 12.2 Å². The highest BCUT2D eigenvalue weighted by Gasteiger charge is 2.22. The molecule has 0 amide bonds. The quantitative estimate of drug-likeness (QED) is 0.819. The summed E-state index contributed by atoms with van der Waals surface area (Å²) in [5.41, 5.74) is 0.832. The molecule has 23 heavy (non-hydrogen) atoms. The summed E-state index contributed by atoms with van der Waals surface area (Å²) in [4.78, 5) is 2.31. The molecule has 2 aromatic rings. The average molecular weight is 371 g/mol. The molecule has 0 unspecified atom stereocenters. The second-order valence-electron chi connectivity index (χ2n) is 5.71. The Bertz CT molecular complexity index is 722. The molecule has 1 aromatic heterocycles. The molecule has 1 fully saturated rings. The van der Waals surface area contributed by atoms with Crippen LogP contribution in [-0.4, -0.2) is 40.0 Å². The molecule has 8 heteroatoms. The maximum absolute atomic E-state index is 6.17. The number of para-hydroxylation sites is 1. The Morgan fingerprint density at radius 2 is 2.04 bits per heavy atom. The van der Waals surface area contributed by atoms with Crippen LogP contribution in [0.2, 0.25) is 5.02 Å². The van der Waals surface area contributed by atoms with Gasteiger partial charge in [0.25, 0.3) is 0 Å². The third-order valence-corrected chi connectivity index (χ3v) is 5.10. The molecule has 0 bridgehead atoms. The van der Waals surface area contributed by atoms with Crippen LogP contribution in [0.3, 0.4) is 0 Å². The maximum atomic E-state index is 6.17. The molecule has 2 heterocycles. The van der Waals surface area contributed by atoms with Crippen LogP contribution in [0.1, 0.15) is 13.8 Å².